The molecule has 4 bridgehead atoms. The highest BCUT2D eigenvalue weighted by molar-refractivity contribution is 6.35. The van der Waals surface area contributed by atoms with Crippen molar-refractivity contribution in [1.29, 1.82) is 0 Å². The lowest BCUT2D eigenvalue weighted by Gasteiger charge is -2.55. The molecular formula is C23H30ClN3O2. The second kappa shape index (κ2) is 5.98. The van der Waals surface area contributed by atoms with Crippen LogP contribution in [-0.2, 0) is 17.3 Å². The Hall–Kier alpha value is -1.59. The molecule has 2 aromatic rings. The summed E-state index contributed by atoms with van der Waals surface area (Å²) < 4.78 is 1.81. The Labute approximate surface area is 177 Å². The number of carbonyl (C=O) groups excluding carboxylic acids is 1. The summed E-state index contributed by atoms with van der Waals surface area (Å²) in [7, 11) is 1.90. The van der Waals surface area contributed by atoms with E-state index in [0.717, 1.165) is 48.7 Å². The van der Waals surface area contributed by atoms with E-state index in [9.17, 15) is 9.90 Å². The van der Waals surface area contributed by atoms with E-state index in [4.69, 9.17) is 16.7 Å². The fourth-order valence-electron chi connectivity index (χ4n) is 6.67. The third-order valence-corrected chi connectivity index (χ3v) is 8.06. The molecule has 2 aliphatic carbocycles. The van der Waals surface area contributed by atoms with Gasteiger partial charge in [0, 0.05) is 24.5 Å². The Balaban J connectivity index is 1.58. The van der Waals surface area contributed by atoms with Crippen molar-refractivity contribution in [3.8, 4) is 0 Å². The molecular weight excluding hydrogens is 386 g/mol. The lowest BCUT2D eigenvalue weighted by Crippen LogP contribution is -2.61. The SMILES string of the molecule is Cn1nc(C(C)(C)C(=O)N2C3CCC4(O)CC2CC(C)(C3)C4)c2c(Cl)cccc21. The molecule has 1 N–H and O–H groups in total. The molecule has 29 heavy (non-hydrogen) atoms. The second-order valence-electron chi connectivity index (χ2n) is 10.6. The van der Waals surface area contributed by atoms with Gasteiger partial charge in [0.25, 0.3) is 0 Å². The number of aliphatic hydroxyl groups is 1. The lowest BCUT2D eigenvalue weighted by molar-refractivity contribution is -0.154. The molecule has 2 aliphatic heterocycles. The van der Waals surface area contributed by atoms with Gasteiger partial charge in [-0.25, -0.2) is 0 Å². The maximum absolute atomic E-state index is 14.0. The van der Waals surface area contributed by atoms with Crippen LogP contribution in [0.25, 0.3) is 10.9 Å². The summed E-state index contributed by atoms with van der Waals surface area (Å²) in [6.45, 7) is 6.23. The Kier molecular flexibility index (Phi) is 3.99. The molecule has 6 rings (SSSR count). The van der Waals surface area contributed by atoms with Gasteiger partial charge in [-0.1, -0.05) is 24.6 Å². The number of amides is 1. The zero-order valence-corrected chi connectivity index (χ0v) is 18.5. The molecule has 156 valence electrons. The van der Waals surface area contributed by atoms with Crippen molar-refractivity contribution in [1.82, 2.24) is 14.7 Å². The zero-order chi connectivity index (χ0) is 20.8. The first-order valence-electron chi connectivity index (χ1n) is 10.7. The van der Waals surface area contributed by atoms with Gasteiger partial charge in [-0.2, -0.15) is 5.10 Å². The molecule has 4 unspecified atom stereocenters. The molecule has 4 atom stereocenters. The normalized spacial score (nSPS) is 34.1. The minimum Gasteiger partial charge on any atom is -0.390 e. The van der Waals surface area contributed by atoms with Crippen molar-refractivity contribution in [3.63, 3.8) is 0 Å². The average molecular weight is 416 g/mol. The van der Waals surface area contributed by atoms with Crippen molar-refractivity contribution in [2.45, 2.75) is 82.4 Å². The van der Waals surface area contributed by atoms with Crippen molar-refractivity contribution in [3.05, 3.63) is 28.9 Å². The number of aryl methyl sites for hydroxylation is 1. The first-order chi connectivity index (χ1) is 13.5. The van der Waals surface area contributed by atoms with Gasteiger partial charge in [0.2, 0.25) is 5.91 Å². The van der Waals surface area contributed by atoms with Gasteiger partial charge in [-0.3, -0.25) is 9.48 Å². The summed E-state index contributed by atoms with van der Waals surface area (Å²) >= 11 is 6.54. The quantitative estimate of drug-likeness (QED) is 0.800. The number of benzene rings is 1. The van der Waals surface area contributed by atoms with E-state index in [0.29, 0.717) is 11.4 Å². The molecule has 0 spiro atoms. The van der Waals surface area contributed by atoms with Gasteiger partial charge in [0.1, 0.15) is 0 Å². The number of piperidine rings is 1. The number of nitrogens with zero attached hydrogens (tertiary/aromatic N) is 3. The van der Waals surface area contributed by atoms with Gasteiger partial charge in [0.05, 0.1) is 27.2 Å². The molecule has 2 saturated heterocycles. The van der Waals surface area contributed by atoms with Crippen molar-refractivity contribution >= 4 is 28.4 Å². The first kappa shape index (κ1) is 19.4. The number of rotatable bonds is 2. The first-order valence-corrected chi connectivity index (χ1v) is 11.1. The van der Waals surface area contributed by atoms with Crippen LogP contribution in [0, 0.1) is 5.41 Å². The highest BCUT2D eigenvalue weighted by atomic mass is 35.5. The average Bonchev–Trinajstić information content (AvgIpc) is 2.88. The molecule has 5 nitrogen and oxygen atoms in total. The number of hydrogen-bond donors (Lipinski definition) is 1. The summed E-state index contributed by atoms with van der Waals surface area (Å²) in [5.41, 5.74) is 0.402. The summed E-state index contributed by atoms with van der Waals surface area (Å²) in [6, 6.07) is 6.07. The zero-order valence-electron chi connectivity index (χ0n) is 17.7. The molecule has 3 heterocycles. The van der Waals surface area contributed by atoms with E-state index < -0.39 is 11.0 Å². The van der Waals surface area contributed by atoms with Crippen LogP contribution in [0.1, 0.15) is 65.0 Å². The molecule has 0 radical (unpaired) electrons. The van der Waals surface area contributed by atoms with Crippen LogP contribution in [0.3, 0.4) is 0 Å². The number of aromatic nitrogens is 2. The predicted octanol–water partition coefficient (Wildman–Crippen LogP) is 4.19. The van der Waals surface area contributed by atoms with Crippen LogP contribution in [0.2, 0.25) is 5.02 Å². The van der Waals surface area contributed by atoms with Crippen LogP contribution in [0.5, 0.6) is 0 Å². The smallest absolute Gasteiger partial charge is 0.234 e. The summed E-state index contributed by atoms with van der Waals surface area (Å²) in [5.74, 6) is 0.112. The molecule has 2 saturated carbocycles. The van der Waals surface area contributed by atoms with Crippen LogP contribution >= 0.6 is 11.6 Å². The standard InChI is InChI=1S/C23H30ClN3O2/c1-21(2,19-18-16(24)6-5-7-17(18)26(4)25-19)20(28)27-14-8-9-23(29)12-15(27)11-22(3,10-14)13-23/h5-7,14-15,29H,8-13H2,1-4H3. The Morgan fingerprint density at radius 1 is 1.28 bits per heavy atom. The third kappa shape index (κ3) is 2.77. The van der Waals surface area contributed by atoms with E-state index in [1.54, 1.807) is 0 Å². The van der Waals surface area contributed by atoms with Gasteiger partial charge >= 0.3 is 0 Å². The fourth-order valence-corrected chi connectivity index (χ4v) is 6.93. The summed E-state index contributed by atoms with van der Waals surface area (Å²) in [6.07, 6.45) is 5.22. The molecule has 4 fully saturated rings. The van der Waals surface area contributed by atoms with Crippen LogP contribution in [0.4, 0.5) is 0 Å². The van der Waals surface area contributed by atoms with Gasteiger partial charge in [-0.05, 0) is 69.9 Å². The molecule has 1 aromatic carbocycles. The van der Waals surface area contributed by atoms with E-state index in [2.05, 4.69) is 11.8 Å². The molecule has 4 aliphatic rings. The highest BCUT2D eigenvalue weighted by Crippen LogP contribution is 2.56. The second-order valence-corrected chi connectivity index (χ2v) is 11.0. The lowest BCUT2D eigenvalue weighted by atomic mass is 9.63. The van der Waals surface area contributed by atoms with Crippen LogP contribution < -0.4 is 0 Å². The predicted molar refractivity (Wildman–Crippen MR) is 114 cm³/mol. The van der Waals surface area contributed by atoms with E-state index in [1.807, 2.05) is 43.8 Å². The van der Waals surface area contributed by atoms with Gasteiger partial charge in [-0.15, -0.1) is 0 Å². The van der Waals surface area contributed by atoms with Gasteiger partial charge < -0.3 is 10.0 Å². The van der Waals surface area contributed by atoms with Crippen LogP contribution in [0.15, 0.2) is 18.2 Å². The Morgan fingerprint density at radius 2 is 2.00 bits per heavy atom. The molecule has 1 aromatic heterocycles. The largest absolute Gasteiger partial charge is 0.390 e. The van der Waals surface area contributed by atoms with Crippen molar-refractivity contribution in [2.24, 2.45) is 12.5 Å². The highest BCUT2D eigenvalue weighted by Gasteiger charge is 2.57. The summed E-state index contributed by atoms with van der Waals surface area (Å²) in [5, 5.41) is 17.4. The topological polar surface area (TPSA) is 58.4 Å². The summed E-state index contributed by atoms with van der Waals surface area (Å²) in [4.78, 5) is 16.2. The van der Waals surface area contributed by atoms with Crippen molar-refractivity contribution < 1.29 is 9.90 Å². The fraction of sp³-hybridized carbons (Fsp3) is 0.652. The maximum Gasteiger partial charge on any atom is 0.234 e. The Morgan fingerprint density at radius 3 is 2.76 bits per heavy atom. The van der Waals surface area contributed by atoms with E-state index >= 15 is 0 Å². The van der Waals surface area contributed by atoms with Gasteiger partial charge in [0.15, 0.2) is 0 Å². The molecule has 1 amide bonds. The van der Waals surface area contributed by atoms with Crippen molar-refractivity contribution in [2.75, 3.05) is 0 Å². The molecule has 6 heteroatoms. The minimum absolute atomic E-state index is 0.109. The number of halogens is 1. The Bertz CT molecular complexity index is 1010. The minimum atomic E-state index is -0.795. The van der Waals surface area contributed by atoms with Crippen LogP contribution in [-0.4, -0.2) is 43.4 Å². The third-order valence-electron chi connectivity index (χ3n) is 7.75. The van der Waals surface area contributed by atoms with E-state index in [1.165, 1.54) is 0 Å². The number of carbonyl (C=O) groups is 1. The number of hydrogen-bond acceptors (Lipinski definition) is 3. The number of fused-ring (bicyclic) bond motifs is 2. The maximum atomic E-state index is 14.0. The monoisotopic (exact) mass is 415 g/mol. The van der Waals surface area contributed by atoms with E-state index in [-0.39, 0.29) is 23.4 Å².